The van der Waals surface area contributed by atoms with E-state index in [0.717, 1.165) is 18.8 Å². The van der Waals surface area contributed by atoms with Crippen molar-refractivity contribution in [3.05, 3.63) is 29.8 Å². The number of ketones is 1. The Morgan fingerprint density at radius 3 is 2.21 bits per heavy atom. The highest BCUT2D eigenvalue weighted by molar-refractivity contribution is 5.81. The number of anilines is 1. The van der Waals surface area contributed by atoms with Gasteiger partial charge in [-0.3, -0.25) is 4.79 Å². The van der Waals surface area contributed by atoms with Crippen LogP contribution in [0.3, 0.4) is 0 Å². The molecule has 2 atom stereocenters. The minimum absolute atomic E-state index is 0.222. The van der Waals surface area contributed by atoms with Crippen LogP contribution in [0.2, 0.25) is 0 Å². The van der Waals surface area contributed by atoms with Crippen LogP contribution in [0.25, 0.3) is 0 Å². The fraction of sp³-hybridized carbons (Fsp3) is 0.588. The number of ether oxygens (including phenoxy) is 2. The van der Waals surface area contributed by atoms with Gasteiger partial charge in [-0.15, -0.1) is 0 Å². The van der Waals surface area contributed by atoms with Crippen molar-refractivity contribution in [3.63, 3.8) is 0 Å². The summed E-state index contributed by atoms with van der Waals surface area (Å²) in [4.78, 5) is 13.3. The molecule has 1 aliphatic heterocycles. The number of carbonyl (C=O) groups excluding carboxylic acids is 1. The van der Waals surface area contributed by atoms with Crippen molar-refractivity contribution in [2.24, 2.45) is 0 Å². The van der Waals surface area contributed by atoms with Crippen LogP contribution >= 0.6 is 0 Å². The molecule has 2 rings (SSSR count). The lowest BCUT2D eigenvalue weighted by molar-refractivity contribution is -0.285. The van der Waals surface area contributed by atoms with Crippen molar-refractivity contribution in [2.45, 2.75) is 31.8 Å². The molecular formula is C17H25NO6. The monoisotopic (exact) mass is 339 g/mol. The zero-order valence-corrected chi connectivity index (χ0v) is 14.0. The summed E-state index contributed by atoms with van der Waals surface area (Å²) in [6, 6.07) is 7.06. The third-order valence-corrected chi connectivity index (χ3v) is 4.26. The zero-order chi connectivity index (χ0) is 17.7. The third-order valence-electron chi connectivity index (χ3n) is 4.26. The van der Waals surface area contributed by atoms with Gasteiger partial charge in [-0.05, 0) is 31.5 Å². The van der Waals surface area contributed by atoms with Crippen molar-refractivity contribution in [2.75, 3.05) is 37.8 Å². The van der Waals surface area contributed by atoms with Crippen LogP contribution in [0, 0.1) is 0 Å². The molecule has 0 aliphatic carbocycles. The maximum absolute atomic E-state index is 11.2. The third kappa shape index (κ3) is 3.76. The fourth-order valence-corrected chi connectivity index (χ4v) is 2.75. The summed E-state index contributed by atoms with van der Waals surface area (Å²) in [6.45, 7) is 4.60. The number of hydrogen-bond acceptors (Lipinski definition) is 7. The summed E-state index contributed by atoms with van der Waals surface area (Å²) < 4.78 is 10.3. The van der Waals surface area contributed by atoms with Gasteiger partial charge in [0, 0.05) is 18.8 Å². The molecular weight excluding hydrogens is 314 g/mol. The van der Waals surface area contributed by atoms with Crippen LogP contribution in [0.5, 0.6) is 0 Å². The van der Waals surface area contributed by atoms with Crippen LogP contribution in [0.1, 0.15) is 25.5 Å². The largest absolute Gasteiger partial charge is 0.393 e. The van der Waals surface area contributed by atoms with Gasteiger partial charge < -0.3 is 29.7 Å². The van der Waals surface area contributed by atoms with Crippen LogP contribution in [-0.4, -0.2) is 65.9 Å². The molecule has 1 saturated heterocycles. The van der Waals surface area contributed by atoms with Gasteiger partial charge in [-0.1, -0.05) is 12.1 Å². The molecule has 1 fully saturated rings. The Labute approximate surface area is 141 Å². The van der Waals surface area contributed by atoms with E-state index in [-0.39, 0.29) is 19.0 Å². The number of benzene rings is 1. The molecule has 2 unspecified atom stereocenters. The summed E-state index contributed by atoms with van der Waals surface area (Å²) in [5.41, 5.74) is -0.636. The Kier molecular flexibility index (Phi) is 6.31. The fourth-order valence-electron chi connectivity index (χ4n) is 2.75. The molecule has 0 bridgehead atoms. The van der Waals surface area contributed by atoms with Crippen LogP contribution in [0.15, 0.2) is 24.3 Å². The van der Waals surface area contributed by atoms with Gasteiger partial charge in [0.15, 0.2) is 17.7 Å². The Morgan fingerprint density at radius 2 is 1.75 bits per heavy atom. The minimum Gasteiger partial charge on any atom is -0.393 e. The second-order valence-electron chi connectivity index (χ2n) is 5.81. The summed E-state index contributed by atoms with van der Waals surface area (Å²) in [5.74, 6) is -0.260. The Hall–Kier alpha value is -1.51. The van der Waals surface area contributed by atoms with E-state index >= 15 is 0 Å². The molecule has 0 spiro atoms. The summed E-state index contributed by atoms with van der Waals surface area (Å²) in [7, 11) is 0. The number of nitrogens with zero attached hydrogens (tertiary/aromatic N) is 1. The van der Waals surface area contributed by atoms with Crippen LogP contribution < -0.4 is 4.90 Å². The van der Waals surface area contributed by atoms with E-state index in [1.807, 2.05) is 12.1 Å². The number of carbonyl (C=O) groups is 1. The Bertz CT molecular complexity index is 535. The molecule has 24 heavy (non-hydrogen) atoms. The Balaban J connectivity index is 2.18. The molecule has 0 amide bonds. The smallest absolute Gasteiger partial charge is 0.192 e. The topological polar surface area (TPSA) is 99.5 Å². The highest BCUT2D eigenvalue weighted by Crippen LogP contribution is 2.33. The van der Waals surface area contributed by atoms with E-state index in [0.29, 0.717) is 5.56 Å². The van der Waals surface area contributed by atoms with Gasteiger partial charge in [-0.25, -0.2) is 0 Å². The molecule has 1 aromatic rings. The first kappa shape index (κ1) is 18.8. The normalized spacial score (nSPS) is 19.8. The van der Waals surface area contributed by atoms with Gasteiger partial charge in [0.25, 0.3) is 0 Å². The maximum atomic E-state index is 11.2. The predicted molar refractivity (Wildman–Crippen MR) is 87.7 cm³/mol. The Morgan fingerprint density at radius 1 is 1.21 bits per heavy atom. The van der Waals surface area contributed by atoms with Gasteiger partial charge >= 0.3 is 0 Å². The van der Waals surface area contributed by atoms with E-state index in [2.05, 4.69) is 18.7 Å². The number of aliphatic hydroxyl groups is 3. The SMILES string of the molecule is CCN(CC)c1ccc(C(O)C(O)(CO)C2OCC(=O)CO2)cc1. The molecule has 0 aromatic heterocycles. The highest BCUT2D eigenvalue weighted by Gasteiger charge is 2.47. The molecule has 1 aliphatic rings. The average molecular weight is 339 g/mol. The molecule has 0 radical (unpaired) electrons. The number of aliphatic hydroxyl groups excluding tert-OH is 2. The van der Waals surface area contributed by atoms with Crippen LogP contribution in [0.4, 0.5) is 5.69 Å². The van der Waals surface area contributed by atoms with Crippen molar-refractivity contribution in [1.29, 1.82) is 0 Å². The van der Waals surface area contributed by atoms with Crippen molar-refractivity contribution in [1.82, 2.24) is 0 Å². The molecule has 1 aromatic carbocycles. The van der Waals surface area contributed by atoms with E-state index < -0.39 is 24.6 Å². The van der Waals surface area contributed by atoms with Crippen molar-refractivity contribution >= 4 is 11.5 Å². The van der Waals surface area contributed by atoms with Gasteiger partial charge in [0.2, 0.25) is 0 Å². The second-order valence-corrected chi connectivity index (χ2v) is 5.81. The van der Waals surface area contributed by atoms with Gasteiger partial charge in [-0.2, -0.15) is 0 Å². The second kappa shape index (κ2) is 8.04. The maximum Gasteiger partial charge on any atom is 0.192 e. The quantitative estimate of drug-likeness (QED) is 0.654. The summed E-state index contributed by atoms with van der Waals surface area (Å²) in [5, 5.41) is 30.8. The van der Waals surface area contributed by atoms with E-state index in [9.17, 15) is 20.1 Å². The first-order chi connectivity index (χ1) is 11.5. The molecule has 0 saturated carbocycles. The van der Waals surface area contributed by atoms with Crippen molar-refractivity contribution in [3.8, 4) is 0 Å². The molecule has 7 heteroatoms. The van der Waals surface area contributed by atoms with Crippen molar-refractivity contribution < 1.29 is 29.6 Å². The average Bonchev–Trinajstić information content (AvgIpc) is 2.62. The summed E-state index contributed by atoms with van der Waals surface area (Å²) >= 11 is 0. The zero-order valence-electron chi connectivity index (χ0n) is 14.0. The summed E-state index contributed by atoms with van der Waals surface area (Å²) in [6.07, 6.45) is -2.70. The number of rotatable bonds is 7. The lowest BCUT2D eigenvalue weighted by atomic mass is 9.90. The standard InChI is InChI=1S/C17H25NO6/c1-3-18(4-2)13-7-5-12(6-8-13)15(21)17(22,11-19)16-23-9-14(20)10-24-16/h5-8,15-16,19,21-22H,3-4,9-11H2,1-2H3. The highest BCUT2D eigenvalue weighted by atomic mass is 16.7. The van der Waals surface area contributed by atoms with Gasteiger partial charge in [0.05, 0.1) is 6.61 Å². The number of hydrogen-bond donors (Lipinski definition) is 3. The predicted octanol–water partition coefficient (Wildman–Crippen LogP) is 0.232. The first-order valence-electron chi connectivity index (χ1n) is 8.07. The minimum atomic E-state index is -2.06. The number of Topliss-reactive ketones (excluding diaryl/α,β-unsaturated/α-hetero) is 1. The lowest BCUT2D eigenvalue weighted by Crippen LogP contribution is -2.55. The molecule has 134 valence electrons. The molecule has 3 N–H and O–H groups in total. The van der Waals surface area contributed by atoms with Gasteiger partial charge in [0.1, 0.15) is 19.3 Å². The van der Waals surface area contributed by atoms with E-state index in [4.69, 9.17) is 9.47 Å². The first-order valence-corrected chi connectivity index (χ1v) is 8.07. The lowest BCUT2D eigenvalue weighted by Gasteiger charge is -2.39. The molecule has 7 nitrogen and oxygen atoms in total. The molecule has 1 heterocycles. The van der Waals surface area contributed by atoms with Crippen LogP contribution in [-0.2, 0) is 14.3 Å². The van der Waals surface area contributed by atoms with E-state index in [1.54, 1.807) is 12.1 Å². The van der Waals surface area contributed by atoms with E-state index in [1.165, 1.54) is 0 Å².